The summed E-state index contributed by atoms with van der Waals surface area (Å²) in [5.41, 5.74) is 4.14. The summed E-state index contributed by atoms with van der Waals surface area (Å²) in [6, 6.07) is 12.5. The molecule has 25 heavy (non-hydrogen) atoms. The van der Waals surface area contributed by atoms with Crippen LogP contribution in [0.2, 0.25) is 5.02 Å². The third-order valence-corrected chi connectivity index (χ3v) is 4.93. The molecule has 1 aliphatic heterocycles. The molecular weight excluding hydrogens is 340 g/mol. The Hall–Kier alpha value is -2.37. The predicted molar refractivity (Wildman–Crippen MR) is 94.4 cm³/mol. The average molecular weight is 359 g/mol. The molecule has 0 unspecified atom stereocenters. The topological polar surface area (TPSA) is 69.6 Å². The lowest BCUT2D eigenvalue weighted by molar-refractivity contribution is -0.136. The van der Waals surface area contributed by atoms with Crippen molar-refractivity contribution >= 4 is 23.4 Å². The van der Waals surface area contributed by atoms with Gasteiger partial charge in [0.1, 0.15) is 0 Å². The van der Waals surface area contributed by atoms with E-state index in [2.05, 4.69) is 0 Å². The maximum atomic E-state index is 13.1. The normalized spacial score (nSPS) is 13.5. The molecule has 2 amide bonds. The number of carbonyl (C=O) groups is 2. The van der Waals surface area contributed by atoms with Crippen LogP contribution in [0.3, 0.4) is 0 Å². The molecule has 1 heterocycles. The third-order valence-electron chi connectivity index (χ3n) is 4.68. The number of nitrogens with one attached hydrogen (secondary N) is 1. The molecule has 0 atom stereocenters. The van der Waals surface area contributed by atoms with E-state index in [1.807, 2.05) is 32.0 Å². The molecule has 6 heteroatoms. The van der Waals surface area contributed by atoms with Crippen LogP contribution < -0.4 is 5.48 Å². The van der Waals surface area contributed by atoms with Gasteiger partial charge in [-0.1, -0.05) is 29.8 Å². The van der Waals surface area contributed by atoms with Gasteiger partial charge in [-0.2, -0.15) is 0 Å². The summed E-state index contributed by atoms with van der Waals surface area (Å²) in [4.78, 5) is 26.4. The van der Waals surface area contributed by atoms with Crippen LogP contribution in [0.25, 0.3) is 0 Å². The highest BCUT2D eigenvalue weighted by Crippen LogP contribution is 2.32. The van der Waals surface area contributed by atoms with E-state index in [1.165, 1.54) is 0 Å². The zero-order chi connectivity index (χ0) is 18.2. The van der Waals surface area contributed by atoms with Gasteiger partial charge in [-0.15, -0.1) is 0 Å². The monoisotopic (exact) mass is 358 g/mol. The number of nitrogens with zero attached hydrogens (tertiary/aromatic N) is 1. The average Bonchev–Trinajstić information content (AvgIpc) is 3.03. The van der Waals surface area contributed by atoms with E-state index in [9.17, 15) is 9.59 Å². The second kappa shape index (κ2) is 6.50. The Kier molecular flexibility index (Phi) is 4.54. The van der Waals surface area contributed by atoms with Crippen LogP contribution in [0.4, 0.5) is 0 Å². The van der Waals surface area contributed by atoms with Crippen LogP contribution in [0, 0.1) is 0 Å². The predicted octanol–water partition coefficient (Wildman–Crippen LogP) is 3.28. The van der Waals surface area contributed by atoms with Gasteiger partial charge < -0.3 is 4.90 Å². The number of hydroxylamine groups is 1. The summed E-state index contributed by atoms with van der Waals surface area (Å²) in [6.45, 7) is 4.74. The molecule has 0 bridgehead atoms. The molecule has 0 aromatic heterocycles. The Bertz CT molecular complexity index is 831. The van der Waals surface area contributed by atoms with E-state index >= 15 is 0 Å². The number of carbonyl (C=O) groups excluding carboxylic acids is 2. The number of fused-ring (bicyclic) bond motifs is 1. The van der Waals surface area contributed by atoms with E-state index in [0.717, 1.165) is 16.7 Å². The molecule has 2 aromatic carbocycles. The summed E-state index contributed by atoms with van der Waals surface area (Å²) in [5, 5.41) is 9.39. The number of hydrogen-bond donors (Lipinski definition) is 2. The molecule has 0 aliphatic carbocycles. The van der Waals surface area contributed by atoms with Crippen molar-refractivity contribution in [3.05, 3.63) is 69.7 Å². The molecule has 0 spiro atoms. The highest BCUT2D eigenvalue weighted by Gasteiger charge is 2.36. The van der Waals surface area contributed by atoms with E-state index < -0.39 is 11.3 Å². The van der Waals surface area contributed by atoms with Crippen LogP contribution in [0.1, 0.15) is 40.9 Å². The number of halogens is 1. The fraction of sp³-hybridized carbons (Fsp3) is 0.263. The fourth-order valence-corrected chi connectivity index (χ4v) is 3.26. The minimum absolute atomic E-state index is 0.0131. The van der Waals surface area contributed by atoms with Crippen molar-refractivity contribution in [3.63, 3.8) is 0 Å². The summed E-state index contributed by atoms with van der Waals surface area (Å²) in [5.74, 6) is -0.548. The number of benzene rings is 2. The molecule has 130 valence electrons. The van der Waals surface area contributed by atoms with Crippen molar-refractivity contribution in [1.29, 1.82) is 0 Å². The van der Waals surface area contributed by atoms with Crippen molar-refractivity contribution in [2.75, 3.05) is 0 Å². The van der Waals surface area contributed by atoms with Gasteiger partial charge in [0.15, 0.2) is 0 Å². The Morgan fingerprint density at radius 1 is 1.08 bits per heavy atom. The van der Waals surface area contributed by atoms with Gasteiger partial charge in [0.2, 0.25) is 5.91 Å². The summed E-state index contributed by atoms with van der Waals surface area (Å²) >= 11 is 5.94. The van der Waals surface area contributed by atoms with Gasteiger partial charge in [0, 0.05) is 23.7 Å². The molecule has 0 saturated carbocycles. The Labute approximate surface area is 151 Å². The van der Waals surface area contributed by atoms with E-state index in [0.29, 0.717) is 23.7 Å². The first kappa shape index (κ1) is 17.5. The van der Waals surface area contributed by atoms with Crippen LogP contribution in [0.15, 0.2) is 42.5 Å². The number of amides is 2. The molecule has 1 aliphatic rings. The van der Waals surface area contributed by atoms with Crippen LogP contribution in [0.5, 0.6) is 0 Å². The van der Waals surface area contributed by atoms with E-state index in [4.69, 9.17) is 16.8 Å². The van der Waals surface area contributed by atoms with Crippen molar-refractivity contribution in [3.8, 4) is 0 Å². The van der Waals surface area contributed by atoms with Crippen molar-refractivity contribution < 1.29 is 14.8 Å². The number of hydrogen-bond acceptors (Lipinski definition) is 3. The van der Waals surface area contributed by atoms with E-state index in [1.54, 1.807) is 34.6 Å². The Morgan fingerprint density at radius 3 is 2.36 bits per heavy atom. The zero-order valence-electron chi connectivity index (χ0n) is 14.0. The van der Waals surface area contributed by atoms with Gasteiger partial charge in [0.05, 0.1) is 5.41 Å². The molecule has 0 fully saturated rings. The van der Waals surface area contributed by atoms with Gasteiger partial charge in [-0.05, 0) is 54.8 Å². The first-order valence-electron chi connectivity index (χ1n) is 7.94. The quantitative estimate of drug-likeness (QED) is 0.653. The van der Waals surface area contributed by atoms with Crippen molar-refractivity contribution in [1.82, 2.24) is 10.4 Å². The molecule has 0 saturated heterocycles. The lowest BCUT2D eigenvalue weighted by atomic mass is 9.83. The van der Waals surface area contributed by atoms with Gasteiger partial charge in [-0.25, -0.2) is 5.48 Å². The molecule has 5 nitrogen and oxygen atoms in total. The Balaban J connectivity index is 1.82. The lowest BCUT2D eigenvalue weighted by Gasteiger charge is -2.29. The second-order valence-corrected chi connectivity index (χ2v) is 7.15. The molecule has 2 N–H and O–H groups in total. The number of rotatable bonds is 3. The largest absolute Gasteiger partial charge is 0.333 e. The Morgan fingerprint density at radius 2 is 1.72 bits per heavy atom. The first-order chi connectivity index (χ1) is 11.8. The zero-order valence-corrected chi connectivity index (χ0v) is 14.8. The smallest absolute Gasteiger partial charge is 0.274 e. The summed E-state index contributed by atoms with van der Waals surface area (Å²) in [7, 11) is 0. The van der Waals surface area contributed by atoms with Gasteiger partial charge >= 0.3 is 0 Å². The fourth-order valence-electron chi connectivity index (χ4n) is 3.13. The highest BCUT2D eigenvalue weighted by atomic mass is 35.5. The van der Waals surface area contributed by atoms with Gasteiger partial charge in [0.25, 0.3) is 5.91 Å². The second-order valence-electron chi connectivity index (χ2n) is 6.72. The maximum Gasteiger partial charge on any atom is 0.274 e. The molecule has 3 rings (SSSR count). The standard InChI is InChI=1S/C19H19ClN2O3/c1-19(2,15-5-7-16(20)8-6-15)18(24)22-10-13-4-3-12(17(23)21-25)9-14(13)11-22/h3-9,25H,10-11H2,1-2H3,(H,21,23). The SMILES string of the molecule is CC(C)(C(=O)N1Cc2ccc(C(=O)NO)cc2C1)c1ccc(Cl)cc1. The summed E-state index contributed by atoms with van der Waals surface area (Å²) < 4.78 is 0. The van der Waals surface area contributed by atoms with Gasteiger partial charge in [-0.3, -0.25) is 14.8 Å². The third kappa shape index (κ3) is 3.25. The van der Waals surface area contributed by atoms with Crippen LogP contribution >= 0.6 is 11.6 Å². The van der Waals surface area contributed by atoms with Crippen molar-refractivity contribution in [2.24, 2.45) is 0 Å². The first-order valence-corrected chi connectivity index (χ1v) is 8.32. The molecule has 0 radical (unpaired) electrons. The minimum Gasteiger partial charge on any atom is -0.333 e. The highest BCUT2D eigenvalue weighted by molar-refractivity contribution is 6.30. The van der Waals surface area contributed by atoms with Crippen LogP contribution in [-0.2, 0) is 23.3 Å². The van der Waals surface area contributed by atoms with E-state index in [-0.39, 0.29) is 5.91 Å². The van der Waals surface area contributed by atoms with Crippen molar-refractivity contribution in [2.45, 2.75) is 32.4 Å². The maximum absolute atomic E-state index is 13.1. The summed E-state index contributed by atoms with van der Waals surface area (Å²) in [6.07, 6.45) is 0. The molecular formula is C19H19ClN2O3. The minimum atomic E-state index is -0.683. The van der Waals surface area contributed by atoms with Crippen LogP contribution in [-0.4, -0.2) is 21.9 Å². The molecule has 2 aromatic rings. The lowest BCUT2D eigenvalue weighted by Crippen LogP contribution is -2.40.